The van der Waals surface area contributed by atoms with Gasteiger partial charge in [0.1, 0.15) is 5.75 Å². The Hall–Kier alpha value is -1.79. The van der Waals surface area contributed by atoms with Crippen LogP contribution < -0.4 is 10.2 Å². The average molecular weight is 375 g/mol. The summed E-state index contributed by atoms with van der Waals surface area (Å²) in [6.45, 7) is 5.26. The van der Waals surface area contributed by atoms with Crippen LogP contribution in [-0.2, 0) is 14.3 Å². The second-order valence-corrected chi connectivity index (χ2v) is 5.71. The smallest absolute Gasteiger partial charge is 0.314 e. The fourth-order valence-corrected chi connectivity index (χ4v) is 2.33. The lowest BCUT2D eigenvalue weighted by molar-refractivity contribution is -0.145. The number of nitrogens with zero attached hydrogens (tertiary/aromatic N) is 1. The van der Waals surface area contributed by atoms with Gasteiger partial charge in [-0.25, -0.2) is 5.43 Å². The first-order valence-electron chi connectivity index (χ1n) is 7.46. The molecule has 0 spiro atoms. The highest BCUT2D eigenvalue weighted by Gasteiger charge is 2.21. The third-order valence-electron chi connectivity index (χ3n) is 3.09. The molecule has 1 rings (SSSR count). The number of esters is 1. The minimum absolute atomic E-state index is 0.270. The van der Waals surface area contributed by atoms with Gasteiger partial charge in [-0.1, -0.05) is 30.1 Å². The molecule has 0 bridgehead atoms. The molecule has 1 aromatic rings. The van der Waals surface area contributed by atoms with E-state index in [0.717, 1.165) is 0 Å². The highest BCUT2D eigenvalue weighted by Crippen LogP contribution is 2.27. The number of carbonyl (C=O) groups excluding carboxylic acids is 2. The Bertz CT molecular complexity index is 620. The Kier molecular flexibility index (Phi) is 8.57. The summed E-state index contributed by atoms with van der Waals surface area (Å²) in [4.78, 5) is 23.5. The summed E-state index contributed by atoms with van der Waals surface area (Å²) in [5.41, 5.74) is 2.81. The largest absolute Gasteiger partial charge is 0.482 e. The van der Waals surface area contributed by atoms with Crippen molar-refractivity contribution in [2.24, 2.45) is 11.0 Å². The van der Waals surface area contributed by atoms with Crippen LogP contribution in [0.5, 0.6) is 5.75 Å². The lowest BCUT2D eigenvalue weighted by Gasteiger charge is -2.13. The van der Waals surface area contributed by atoms with E-state index in [1.807, 2.05) is 6.92 Å². The van der Waals surface area contributed by atoms with Crippen LogP contribution in [0, 0.1) is 5.92 Å². The van der Waals surface area contributed by atoms with Crippen LogP contribution in [0.1, 0.15) is 27.2 Å². The third-order valence-corrected chi connectivity index (χ3v) is 3.62. The van der Waals surface area contributed by atoms with E-state index in [4.69, 9.17) is 32.7 Å². The topological polar surface area (TPSA) is 77.0 Å². The van der Waals surface area contributed by atoms with Crippen molar-refractivity contribution >= 4 is 40.8 Å². The predicted octanol–water partition coefficient (Wildman–Crippen LogP) is 3.45. The van der Waals surface area contributed by atoms with Crippen LogP contribution in [0.3, 0.4) is 0 Å². The molecule has 8 heteroatoms. The molecule has 6 nitrogen and oxygen atoms in total. The first-order chi connectivity index (χ1) is 11.4. The van der Waals surface area contributed by atoms with Gasteiger partial charge >= 0.3 is 5.97 Å². The van der Waals surface area contributed by atoms with E-state index in [1.165, 1.54) is 6.07 Å². The molecule has 1 N–H and O–H groups in total. The van der Waals surface area contributed by atoms with Gasteiger partial charge in [0.15, 0.2) is 6.61 Å². The third kappa shape index (κ3) is 6.37. The summed E-state index contributed by atoms with van der Waals surface area (Å²) >= 11 is 11.7. The Morgan fingerprint density at radius 3 is 2.58 bits per heavy atom. The average Bonchev–Trinajstić information content (AvgIpc) is 2.53. The zero-order valence-electron chi connectivity index (χ0n) is 13.8. The zero-order valence-corrected chi connectivity index (χ0v) is 15.3. The molecule has 1 amide bonds. The summed E-state index contributed by atoms with van der Waals surface area (Å²) in [6.07, 6.45) is 0.529. The van der Waals surface area contributed by atoms with Crippen LogP contribution >= 0.6 is 23.2 Å². The standard InChI is InChI=1S/C16H20Cl2N2O4/c1-4-12(16(22)23-5-2)10(3)19-20-15(21)9-24-14-7-6-11(17)8-13(14)18/h6-8,12H,4-5,9H2,1-3H3,(H,20,21)/t12-/m1/s1. The number of rotatable bonds is 8. The van der Waals surface area contributed by atoms with Crippen LogP contribution in [-0.4, -0.2) is 30.8 Å². The van der Waals surface area contributed by atoms with Crippen LogP contribution in [0.2, 0.25) is 10.0 Å². The van der Waals surface area contributed by atoms with Gasteiger partial charge in [-0.2, -0.15) is 5.10 Å². The molecule has 0 aliphatic heterocycles. The maximum Gasteiger partial charge on any atom is 0.314 e. The molecule has 1 atom stereocenters. The van der Waals surface area contributed by atoms with Crippen molar-refractivity contribution in [1.82, 2.24) is 5.43 Å². The summed E-state index contributed by atoms with van der Waals surface area (Å²) in [6, 6.07) is 4.69. The summed E-state index contributed by atoms with van der Waals surface area (Å²) in [7, 11) is 0. The molecule has 0 aliphatic rings. The monoisotopic (exact) mass is 374 g/mol. The van der Waals surface area contributed by atoms with Gasteiger partial charge in [0.2, 0.25) is 0 Å². The number of benzene rings is 1. The van der Waals surface area contributed by atoms with Crippen molar-refractivity contribution in [3.63, 3.8) is 0 Å². The molecule has 0 saturated carbocycles. The number of nitrogens with one attached hydrogen (secondary N) is 1. The molecule has 132 valence electrons. The van der Waals surface area contributed by atoms with Crippen LogP contribution in [0.25, 0.3) is 0 Å². The van der Waals surface area contributed by atoms with E-state index in [-0.39, 0.29) is 12.6 Å². The Balaban J connectivity index is 2.56. The minimum Gasteiger partial charge on any atom is -0.482 e. The summed E-state index contributed by atoms with van der Waals surface area (Å²) in [5.74, 6) is -0.981. The van der Waals surface area contributed by atoms with Crippen LogP contribution in [0.4, 0.5) is 0 Å². The number of carbonyl (C=O) groups is 2. The summed E-state index contributed by atoms with van der Waals surface area (Å²) in [5, 5.41) is 4.71. The molecule has 0 saturated heterocycles. The van der Waals surface area contributed by atoms with E-state index < -0.39 is 11.8 Å². The van der Waals surface area contributed by atoms with E-state index >= 15 is 0 Å². The molecular weight excluding hydrogens is 355 g/mol. The van der Waals surface area contributed by atoms with Crippen molar-refractivity contribution in [2.45, 2.75) is 27.2 Å². The first kappa shape index (κ1) is 20.3. The Morgan fingerprint density at radius 1 is 1.29 bits per heavy atom. The molecule has 0 unspecified atom stereocenters. The van der Waals surface area contributed by atoms with Crippen molar-refractivity contribution < 1.29 is 19.1 Å². The number of hydrogen-bond acceptors (Lipinski definition) is 5. The van der Waals surface area contributed by atoms with Gasteiger partial charge in [-0.15, -0.1) is 0 Å². The molecule has 1 aromatic carbocycles. The molecule has 0 radical (unpaired) electrons. The fourth-order valence-electron chi connectivity index (χ4n) is 1.87. The second kappa shape index (κ2) is 10.2. The van der Waals surface area contributed by atoms with Gasteiger partial charge < -0.3 is 9.47 Å². The van der Waals surface area contributed by atoms with E-state index in [1.54, 1.807) is 26.0 Å². The predicted molar refractivity (Wildman–Crippen MR) is 93.6 cm³/mol. The lowest BCUT2D eigenvalue weighted by atomic mass is 10.0. The minimum atomic E-state index is -0.489. The van der Waals surface area contributed by atoms with E-state index in [2.05, 4.69) is 10.5 Å². The van der Waals surface area contributed by atoms with Gasteiger partial charge in [0, 0.05) is 10.7 Å². The zero-order chi connectivity index (χ0) is 18.1. The maximum atomic E-state index is 11.8. The first-order valence-corrected chi connectivity index (χ1v) is 8.22. The second-order valence-electron chi connectivity index (χ2n) is 4.86. The molecular formula is C16H20Cl2N2O4. The number of hydrogen-bond donors (Lipinski definition) is 1. The van der Waals surface area contributed by atoms with Gasteiger partial charge in [-0.3, -0.25) is 9.59 Å². The van der Waals surface area contributed by atoms with Gasteiger partial charge in [0.05, 0.1) is 17.5 Å². The van der Waals surface area contributed by atoms with Crippen molar-refractivity contribution in [1.29, 1.82) is 0 Å². The van der Waals surface area contributed by atoms with Crippen molar-refractivity contribution in [2.75, 3.05) is 13.2 Å². The number of halogens is 2. The van der Waals surface area contributed by atoms with E-state index in [0.29, 0.717) is 34.5 Å². The lowest BCUT2D eigenvalue weighted by Crippen LogP contribution is -2.29. The Labute approximate surface area is 151 Å². The highest BCUT2D eigenvalue weighted by atomic mass is 35.5. The number of ether oxygens (including phenoxy) is 2. The number of hydrazone groups is 1. The molecule has 0 aliphatic carbocycles. The van der Waals surface area contributed by atoms with Gasteiger partial charge in [0.25, 0.3) is 5.91 Å². The highest BCUT2D eigenvalue weighted by molar-refractivity contribution is 6.35. The SMILES string of the molecule is CCOC(=O)[C@H](CC)C(C)=NNC(=O)COc1ccc(Cl)cc1Cl. The normalized spacial score (nSPS) is 12.5. The van der Waals surface area contributed by atoms with Crippen LogP contribution in [0.15, 0.2) is 23.3 Å². The Morgan fingerprint density at radius 2 is 2.00 bits per heavy atom. The number of amides is 1. The molecule has 24 heavy (non-hydrogen) atoms. The fraction of sp³-hybridized carbons (Fsp3) is 0.438. The maximum absolute atomic E-state index is 11.8. The quantitative estimate of drug-likeness (QED) is 0.429. The summed E-state index contributed by atoms with van der Waals surface area (Å²) < 4.78 is 10.3. The van der Waals surface area contributed by atoms with E-state index in [9.17, 15) is 9.59 Å². The molecule has 0 heterocycles. The molecule has 0 aromatic heterocycles. The van der Waals surface area contributed by atoms with Crippen molar-refractivity contribution in [3.8, 4) is 5.75 Å². The van der Waals surface area contributed by atoms with Gasteiger partial charge in [-0.05, 0) is 38.5 Å². The van der Waals surface area contributed by atoms with Crippen molar-refractivity contribution in [3.05, 3.63) is 28.2 Å². The molecule has 0 fully saturated rings.